The van der Waals surface area contributed by atoms with Gasteiger partial charge in [-0.15, -0.1) is 0 Å². The van der Waals surface area contributed by atoms with Crippen molar-refractivity contribution in [1.29, 1.82) is 0 Å². The normalized spacial score (nSPS) is 26.1. The van der Waals surface area contributed by atoms with E-state index in [-0.39, 0.29) is 0 Å². The molecule has 1 aliphatic rings. The molecule has 1 fully saturated rings. The van der Waals surface area contributed by atoms with Gasteiger partial charge in [0.05, 0.1) is 6.54 Å². The van der Waals surface area contributed by atoms with Crippen LogP contribution in [0.5, 0.6) is 0 Å². The van der Waals surface area contributed by atoms with Gasteiger partial charge in [-0.3, -0.25) is 0 Å². The van der Waals surface area contributed by atoms with Gasteiger partial charge in [-0.05, 0) is 6.92 Å². The van der Waals surface area contributed by atoms with Crippen molar-refractivity contribution < 1.29 is 0 Å². The van der Waals surface area contributed by atoms with Gasteiger partial charge in [0.2, 0.25) is 0 Å². The minimum absolute atomic E-state index is 0.993. The van der Waals surface area contributed by atoms with Crippen LogP contribution in [0.15, 0.2) is 11.8 Å². The third kappa shape index (κ3) is 1.23. The molecule has 0 spiro atoms. The van der Waals surface area contributed by atoms with Crippen molar-refractivity contribution in [3.05, 3.63) is 11.8 Å². The predicted octanol–water partition coefficient (Wildman–Crippen LogP) is 0.187. The minimum Gasteiger partial charge on any atom is -0.301 e. The Balaban J connectivity index is 2.58. The van der Waals surface area contributed by atoms with Crippen molar-refractivity contribution >= 4 is 0 Å². The van der Waals surface area contributed by atoms with Crippen LogP contribution in [0.1, 0.15) is 6.92 Å². The molecule has 0 aliphatic carbocycles. The molecule has 0 atom stereocenters. The van der Waals surface area contributed by atoms with Gasteiger partial charge in [-0.25, -0.2) is 5.01 Å². The average molecular weight is 127 g/mol. The fourth-order valence-corrected chi connectivity index (χ4v) is 0.990. The summed E-state index contributed by atoms with van der Waals surface area (Å²) >= 11 is 0. The maximum absolute atomic E-state index is 3.12. The molecule has 0 aromatic rings. The third-order valence-electron chi connectivity index (χ3n) is 1.48. The number of nitrogens with zero attached hydrogens (tertiary/aromatic N) is 2. The van der Waals surface area contributed by atoms with Gasteiger partial charge in [-0.1, -0.05) is 6.08 Å². The average Bonchev–Trinajstić information content (AvgIpc) is 2.10. The van der Waals surface area contributed by atoms with E-state index in [4.69, 9.17) is 0 Å². The van der Waals surface area contributed by atoms with E-state index in [2.05, 4.69) is 11.6 Å². The van der Waals surface area contributed by atoms with Crippen LogP contribution in [0.25, 0.3) is 0 Å². The summed E-state index contributed by atoms with van der Waals surface area (Å²) in [5.41, 5.74) is 4.43. The molecule has 1 heterocycles. The molecule has 3 nitrogen and oxygen atoms in total. The first kappa shape index (κ1) is 6.58. The van der Waals surface area contributed by atoms with Crippen LogP contribution in [-0.2, 0) is 0 Å². The zero-order valence-electron chi connectivity index (χ0n) is 6.18. The van der Waals surface area contributed by atoms with Crippen LogP contribution >= 0.6 is 0 Å². The molecule has 1 N–H and O–H groups in total. The quantitative estimate of drug-likeness (QED) is 0.501. The van der Waals surface area contributed by atoms with Crippen molar-refractivity contribution in [3.63, 3.8) is 0 Å². The second-order valence-electron chi connectivity index (χ2n) is 2.30. The van der Waals surface area contributed by atoms with Gasteiger partial charge >= 0.3 is 0 Å². The molecule has 1 aliphatic heterocycles. The summed E-state index contributed by atoms with van der Waals surface area (Å²) in [4.78, 5) is 0. The molecule has 0 saturated carbocycles. The summed E-state index contributed by atoms with van der Waals surface area (Å²) in [6.45, 7) is 3.04. The molecule has 0 amide bonds. The zero-order chi connectivity index (χ0) is 6.85. The van der Waals surface area contributed by atoms with Crippen LogP contribution in [-0.4, -0.2) is 30.7 Å². The number of rotatable bonds is 0. The van der Waals surface area contributed by atoms with E-state index in [1.807, 2.05) is 31.0 Å². The number of hydrogen-bond acceptors (Lipinski definition) is 3. The fourth-order valence-electron chi connectivity index (χ4n) is 0.990. The number of likely N-dealkylation sites (N-methyl/N-ethyl adjacent to an activating group) is 2. The molecule has 0 bridgehead atoms. The van der Waals surface area contributed by atoms with Crippen molar-refractivity contribution in [2.24, 2.45) is 0 Å². The summed E-state index contributed by atoms with van der Waals surface area (Å²) in [5, 5.41) is 4.05. The van der Waals surface area contributed by atoms with Gasteiger partial charge < -0.3 is 5.01 Å². The monoisotopic (exact) mass is 127 g/mol. The lowest BCUT2D eigenvalue weighted by Gasteiger charge is -2.12. The summed E-state index contributed by atoms with van der Waals surface area (Å²) in [5.74, 6) is 0. The van der Waals surface area contributed by atoms with Crippen molar-refractivity contribution in [2.45, 2.75) is 6.92 Å². The maximum Gasteiger partial charge on any atom is 0.0557 e. The van der Waals surface area contributed by atoms with E-state index in [9.17, 15) is 0 Å². The smallest absolute Gasteiger partial charge is 0.0557 e. The number of allylic oxidation sites excluding steroid dienone is 1. The summed E-state index contributed by atoms with van der Waals surface area (Å²) < 4.78 is 0. The van der Waals surface area contributed by atoms with Crippen LogP contribution in [0.3, 0.4) is 0 Å². The highest BCUT2D eigenvalue weighted by molar-refractivity contribution is 5.02. The van der Waals surface area contributed by atoms with E-state index < -0.39 is 0 Å². The Morgan fingerprint density at radius 2 is 2.22 bits per heavy atom. The molecular formula is C6H13N3. The first-order valence-electron chi connectivity index (χ1n) is 3.10. The molecule has 0 aromatic heterocycles. The van der Waals surface area contributed by atoms with E-state index in [1.165, 1.54) is 5.70 Å². The minimum atomic E-state index is 0.993. The van der Waals surface area contributed by atoms with Crippen molar-refractivity contribution in [2.75, 3.05) is 20.6 Å². The number of hydrazine groups is 2. The van der Waals surface area contributed by atoms with Gasteiger partial charge in [0.15, 0.2) is 0 Å². The Labute approximate surface area is 55.9 Å². The maximum atomic E-state index is 3.12. The van der Waals surface area contributed by atoms with E-state index >= 15 is 0 Å². The van der Waals surface area contributed by atoms with Gasteiger partial charge in [0.25, 0.3) is 0 Å². The molecular weight excluding hydrogens is 114 g/mol. The second kappa shape index (κ2) is 2.37. The largest absolute Gasteiger partial charge is 0.301 e. The third-order valence-corrected chi connectivity index (χ3v) is 1.48. The van der Waals surface area contributed by atoms with Crippen LogP contribution in [0.4, 0.5) is 0 Å². The van der Waals surface area contributed by atoms with Crippen LogP contribution in [0.2, 0.25) is 0 Å². The summed E-state index contributed by atoms with van der Waals surface area (Å²) in [6, 6.07) is 0. The van der Waals surface area contributed by atoms with Crippen molar-refractivity contribution in [3.8, 4) is 0 Å². The molecule has 0 radical (unpaired) electrons. The lowest BCUT2D eigenvalue weighted by molar-refractivity contribution is 0.183. The molecule has 0 aromatic carbocycles. The topological polar surface area (TPSA) is 18.5 Å². The van der Waals surface area contributed by atoms with Crippen LogP contribution < -0.4 is 5.53 Å². The van der Waals surface area contributed by atoms with E-state index in [0.717, 1.165) is 6.54 Å². The number of hydrogen-bond donors (Lipinski definition) is 1. The van der Waals surface area contributed by atoms with Gasteiger partial charge in [0, 0.05) is 19.8 Å². The second-order valence-corrected chi connectivity index (χ2v) is 2.30. The SMILES string of the molecule is C/C=C1\CN(C)NN1C. The highest BCUT2D eigenvalue weighted by atomic mass is 15.8. The first-order chi connectivity index (χ1) is 4.24. The van der Waals surface area contributed by atoms with Crippen LogP contribution in [0, 0.1) is 0 Å². The van der Waals surface area contributed by atoms with E-state index in [0.29, 0.717) is 0 Å². The Bertz CT molecular complexity index is 130. The molecule has 1 rings (SSSR count). The predicted molar refractivity (Wildman–Crippen MR) is 37.3 cm³/mol. The highest BCUT2D eigenvalue weighted by Gasteiger charge is 2.14. The molecule has 3 heteroatoms. The zero-order valence-corrected chi connectivity index (χ0v) is 6.18. The Kier molecular flexibility index (Phi) is 1.73. The Hall–Kier alpha value is -0.540. The molecule has 9 heavy (non-hydrogen) atoms. The standard InChI is InChI=1S/C6H13N3/c1-4-6-5-8(2)7-9(6)3/h4,7H,5H2,1-3H3/b6-4+. The number of nitrogens with one attached hydrogen (secondary N) is 1. The van der Waals surface area contributed by atoms with Gasteiger partial charge in [0.1, 0.15) is 0 Å². The van der Waals surface area contributed by atoms with Gasteiger partial charge in [-0.2, -0.15) is 5.53 Å². The first-order valence-corrected chi connectivity index (χ1v) is 3.10. The van der Waals surface area contributed by atoms with Crippen molar-refractivity contribution in [1.82, 2.24) is 15.6 Å². The summed E-state index contributed by atoms with van der Waals surface area (Å²) in [6.07, 6.45) is 2.11. The lowest BCUT2D eigenvalue weighted by Crippen LogP contribution is -2.33. The fraction of sp³-hybridized carbons (Fsp3) is 0.667. The Morgan fingerprint density at radius 1 is 1.56 bits per heavy atom. The van der Waals surface area contributed by atoms with E-state index in [1.54, 1.807) is 0 Å². The lowest BCUT2D eigenvalue weighted by atomic mass is 10.4. The molecule has 1 saturated heterocycles. The summed E-state index contributed by atoms with van der Waals surface area (Å²) in [7, 11) is 4.03. The molecule has 52 valence electrons. The Morgan fingerprint density at radius 3 is 2.44 bits per heavy atom. The molecule has 0 unspecified atom stereocenters. The highest BCUT2D eigenvalue weighted by Crippen LogP contribution is 2.05.